The van der Waals surface area contributed by atoms with E-state index in [2.05, 4.69) is 35.5 Å². The molecule has 3 rings (SSSR count). The Bertz CT molecular complexity index is 584. The summed E-state index contributed by atoms with van der Waals surface area (Å²) in [4.78, 5) is 11.6. The molecule has 0 saturated heterocycles. The summed E-state index contributed by atoms with van der Waals surface area (Å²) >= 11 is 0. The van der Waals surface area contributed by atoms with Crippen molar-refractivity contribution in [2.45, 2.75) is 38.8 Å². The second-order valence-corrected chi connectivity index (χ2v) is 5.02. The number of nitrogens with one attached hydrogen (secondary N) is 1. The first-order valence-corrected chi connectivity index (χ1v) is 6.44. The van der Waals surface area contributed by atoms with Crippen LogP contribution in [-0.2, 0) is 11.3 Å². The largest absolute Gasteiger partial charge is 0.353 e. The summed E-state index contributed by atoms with van der Waals surface area (Å²) in [7, 11) is 0. The summed E-state index contributed by atoms with van der Waals surface area (Å²) in [6.45, 7) is 2.71. The van der Waals surface area contributed by atoms with Crippen LogP contribution >= 0.6 is 0 Å². The van der Waals surface area contributed by atoms with E-state index in [1.54, 1.807) is 0 Å². The highest BCUT2D eigenvalue weighted by molar-refractivity contribution is 5.80. The lowest BCUT2D eigenvalue weighted by Crippen LogP contribution is -2.26. The SMILES string of the molecule is Cc1ccc2cnn(CCC(=O)NC3CC3)c2c1. The van der Waals surface area contributed by atoms with E-state index in [9.17, 15) is 4.79 Å². The second kappa shape index (κ2) is 4.44. The van der Waals surface area contributed by atoms with E-state index in [1.807, 2.05) is 10.9 Å². The van der Waals surface area contributed by atoms with E-state index in [-0.39, 0.29) is 5.91 Å². The molecule has 0 atom stereocenters. The molecule has 0 bridgehead atoms. The molecule has 0 unspecified atom stereocenters. The first-order chi connectivity index (χ1) is 8.72. The van der Waals surface area contributed by atoms with Gasteiger partial charge in [0.05, 0.1) is 18.3 Å². The summed E-state index contributed by atoms with van der Waals surface area (Å²) in [6.07, 6.45) is 4.63. The molecule has 1 aromatic carbocycles. The number of carbonyl (C=O) groups excluding carboxylic acids is 1. The standard InChI is InChI=1S/C14H17N3O/c1-10-2-3-11-9-15-17(13(11)8-10)7-6-14(18)16-12-4-5-12/h2-3,8-9,12H,4-7H2,1H3,(H,16,18). The van der Waals surface area contributed by atoms with Crippen molar-refractivity contribution < 1.29 is 4.79 Å². The molecule has 0 radical (unpaired) electrons. The van der Waals surface area contributed by atoms with Gasteiger partial charge in [-0.25, -0.2) is 0 Å². The van der Waals surface area contributed by atoms with Crippen molar-refractivity contribution in [3.05, 3.63) is 30.0 Å². The molecule has 1 aromatic heterocycles. The Labute approximate surface area is 106 Å². The third-order valence-electron chi connectivity index (χ3n) is 3.29. The maximum absolute atomic E-state index is 11.6. The van der Waals surface area contributed by atoms with Gasteiger partial charge in [0.25, 0.3) is 0 Å². The first kappa shape index (κ1) is 11.3. The molecule has 4 heteroatoms. The smallest absolute Gasteiger partial charge is 0.222 e. The fourth-order valence-corrected chi connectivity index (χ4v) is 2.09. The maximum Gasteiger partial charge on any atom is 0.222 e. The Morgan fingerprint density at radius 1 is 1.50 bits per heavy atom. The van der Waals surface area contributed by atoms with Gasteiger partial charge < -0.3 is 5.32 Å². The fourth-order valence-electron chi connectivity index (χ4n) is 2.09. The zero-order chi connectivity index (χ0) is 12.5. The van der Waals surface area contributed by atoms with Crippen molar-refractivity contribution >= 4 is 16.8 Å². The highest BCUT2D eigenvalue weighted by Crippen LogP contribution is 2.19. The molecule has 1 aliphatic rings. The van der Waals surface area contributed by atoms with Gasteiger partial charge in [0.2, 0.25) is 5.91 Å². The van der Waals surface area contributed by atoms with Gasteiger partial charge >= 0.3 is 0 Å². The van der Waals surface area contributed by atoms with Gasteiger partial charge in [-0.15, -0.1) is 0 Å². The number of carbonyl (C=O) groups is 1. The number of aromatic nitrogens is 2. The summed E-state index contributed by atoms with van der Waals surface area (Å²) in [5.41, 5.74) is 2.32. The van der Waals surface area contributed by atoms with E-state index in [0.29, 0.717) is 19.0 Å². The van der Waals surface area contributed by atoms with E-state index in [4.69, 9.17) is 0 Å². The van der Waals surface area contributed by atoms with Gasteiger partial charge in [-0.2, -0.15) is 5.10 Å². The highest BCUT2D eigenvalue weighted by Gasteiger charge is 2.22. The molecule has 1 aliphatic carbocycles. The van der Waals surface area contributed by atoms with Crippen molar-refractivity contribution in [2.75, 3.05) is 0 Å². The summed E-state index contributed by atoms with van der Waals surface area (Å²) in [5.74, 6) is 0.133. The van der Waals surface area contributed by atoms with Gasteiger partial charge in [-0.3, -0.25) is 9.48 Å². The minimum Gasteiger partial charge on any atom is -0.353 e. The summed E-state index contributed by atoms with van der Waals surface area (Å²) in [6, 6.07) is 6.70. The van der Waals surface area contributed by atoms with E-state index in [1.165, 1.54) is 5.56 Å². The zero-order valence-electron chi connectivity index (χ0n) is 10.5. The minimum absolute atomic E-state index is 0.133. The molecule has 18 heavy (non-hydrogen) atoms. The number of rotatable bonds is 4. The molecule has 0 spiro atoms. The molecule has 1 heterocycles. The molecular weight excluding hydrogens is 226 g/mol. The molecule has 0 aliphatic heterocycles. The fraction of sp³-hybridized carbons (Fsp3) is 0.429. The average Bonchev–Trinajstić information content (AvgIpc) is 3.06. The highest BCUT2D eigenvalue weighted by atomic mass is 16.1. The molecular formula is C14H17N3O. The topological polar surface area (TPSA) is 46.9 Å². The van der Waals surface area contributed by atoms with Gasteiger partial charge in [0.15, 0.2) is 0 Å². The third-order valence-corrected chi connectivity index (χ3v) is 3.29. The molecule has 2 aromatic rings. The van der Waals surface area contributed by atoms with Crippen molar-refractivity contribution in [2.24, 2.45) is 0 Å². The molecule has 1 fully saturated rings. The Hall–Kier alpha value is -1.84. The maximum atomic E-state index is 11.6. The summed E-state index contributed by atoms with van der Waals surface area (Å²) in [5, 5.41) is 8.46. The zero-order valence-corrected chi connectivity index (χ0v) is 10.5. The second-order valence-electron chi connectivity index (χ2n) is 5.02. The number of hydrogen-bond donors (Lipinski definition) is 1. The molecule has 94 valence electrons. The van der Waals surface area contributed by atoms with E-state index in [0.717, 1.165) is 23.7 Å². The lowest BCUT2D eigenvalue weighted by Gasteiger charge is -2.05. The number of aryl methyl sites for hydroxylation is 2. The monoisotopic (exact) mass is 243 g/mol. The Kier molecular flexibility index (Phi) is 2.78. The van der Waals surface area contributed by atoms with Crippen LogP contribution < -0.4 is 5.32 Å². The van der Waals surface area contributed by atoms with E-state index >= 15 is 0 Å². The number of fused-ring (bicyclic) bond motifs is 1. The number of amides is 1. The van der Waals surface area contributed by atoms with Crippen molar-refractivity contribution in [3.8, 4) is 0 Å². The Morgan fingerprint density at radius 2 is 2.33 bits per heavy atom. The van der Waals surface area contributed by atoms with Crippen LogP contribution in [0.3, 0.4) is 0 Å². The molecule has 4 nitrogen and oxygen atoms in total. The normalized spacial score (nSPS) is 14.9. The average molecular weight is 243 g/mol. The lowest BCUT2D eigenvalue weighted by atomic mass is 10.2. The number of hydrogen-bond acceptors (Lipinski definition) is 2. The summed E-state index contributed by atoms with van der Waals surface area (Å²) < 4.78 is 1.91. The number of benzene rings is 1. The van der Waals surface area contributed by atoms with Gasteiger partial charge in [-0.1, -0.05) is 12.1 Å². The van der Waals surface area contributed by atoms with Crippen LogP contribution in [0.5, 0.6) is 0 Å². The predicted molar refractivity (Wildman–Crippen MR) is 70.3 cm³/mol. The first-order valence-electron chi connectivity index (χ1n) is 6.44. The predicted octanol–water partition coefficient (Wildman–Crippen LogP) is 2.01. The van der Waals surface area contributed by atoms with Gasteiger partial charge in [0, 0.05) is 17.8 Å². The third kappa shape index (κ3) is 2.37. The van der Waals surface area contributed by atoms with Crippen molar-refractivity contribution in [1.29, 1.82) is 0 Å². The van der Waals surface area contributed by atoms with Crippen LogP contribution in [0, 0.1) is 6.92 Å². The van der Waals surface area contributed by atoms with Crippen LogP contribution in [0.1, 0.15) is 24.8 Å². The lowest BCUT2D eigenvalue weighted by molar-refractivity contribution is -0.121. The van der Waals surface area contributed by atoms with E-state index < -0.39 is 0 Å². The number of nitrogens with zero attached hydrogens (tertiary/aromatic N) is 2. The molecule has 1 N–H and O–H groups in total. The molecule has 1 amide bonds. The Balaban J connectivity index is 1.69. The van der Waals surface area contributed by atoms with Crippen LogP contribution in [0.15, 0.2) is 24.4 Å². The molecule has 1 saturated carbocycles. The quantitative estimate of drug-likeness (QED) is 0.893. The minimum atomic E-state index is 0.133. The van der Waals surface area contributed by atoms with Gasteiger partial charge in [-0.05, 0) is 31.4 Å². The van der Waals surface area contributed by atoms with Crippen LogP contribution in [0.2, 0.25) is 0 Å². The van der Waals surface area contributed by atoms with Crippen LogP contribution in [0.4, 0.5) is 0 Å². The van der Waals surface area contributed by atoms with Crippen LogP contribution in [-0.4, -0.2) is 21.7 Å². The van der Waals surface area contributed by atoms with Crippen LogP contribution in [0.25, 0.3) is 10.9 Å². The van der Waals surface area contributed by atoms with Crippen molar-refractivity contribution in [3.63, 3.8) is 0 Å². The van der Waals surface area contributed by atoms with Crippen molar-refractivity contribution in [1.82, 2.24) is 15.1 Å². The Morgan fingerprint density at radius 3 is 3.11 bits per heavy atom. The van der Waals surface area contributed by atoms with Gasteiger partial charge in [0.1, 0.15) is 0 Å².